The van der Waals surface area contributed by atoms with Crippen molar-refractivity contribution in [3.8, 4) is 17.0 Å². The molecule has 0 aliphatic heterocycles. The van der Waals surface area contributed by atoms with Crippen LogP contribution in [0.15, 0.2) is 103 Å². The van der Waals surface area contributed by atoms with Crippen molar-refractivity contribution in [3.63, 3.8) is 0 Å². The third-order valence-electron chi connectivity index (χ3n) is 6.33. The molecule has 0 saturated heterocycles. The van der Waals surface area contributed by atoms with Crippen LogP contribution in [0.25, 0.3) is 11.3 Å². The van der Waals surface area contributed by atoms with Gasteiger partial charge in [-0.2, -0.15) is 4.79 Å². The zero-order chi connectivity index (χ0) is 28.0. The van der Waals surface area contributed by atoms with E-state index >= 15 is 0 Å². The van der Waals surface area contributed by atoms with Crippen molar-refractivity contribution in [1.29, 1.82) is 0 Å². The van der Waals surface area contributed by atoms with Crippen LogP contribution in [-0.4, -0.2) is 33.8 Å². The summed E-state index contributed by atoms with van der Waals surface area (Å²) in [6.07, 6.45) is 0.893. The molecular weight excluding hydrogens is 492 g/mol. The van der Waals surface area contributed by atoms with E-state index in [4.69, 9.17) is 9.47 Å². The molecule has 200 valence electrons. The lowest BCUT2D eigenvalue weighted by Crippen LogP contribution is -2.60. The van der Waals surface area contributed by atoms with E-state index in [2.05, 4.69) is 4.98 Å². The molecule has 4 aromatic rings. The molecule has 0 aliphatic rings. The summed E-state index contributed by atoms with van der Waals surface area (Å²) in [4.78, 5) is 31.0. The van der Waals surface area contributed by atoms with Crippen molar-refractivity contribution in [3.05, 3.63) is 109 Å². The Bertz CT molecular complexity index is 1420. The smallest absolute Gasteiger partial charge is 0.489 e. The number of hydrogen-bond donors (Lipinski definition) is 1. The Hall–Kier alpha value is -4.49. The largest absolute Gasteiger partial charge is 0.527 e. The molecule has 1 heterocycles. The molecule has 2 atom stereocenters. The lowest BCUT2D eigenvalue weighted by atomic mass is 10.1. The highest BCUT2D eigenvalue weighted by molar-refractivity contribution is 5.97. The van der Waals surface area contributed by atoms with Crippen molar-refractivity contribution >= 4 is 23.4 Å². The number of benzene rings is 3. The van der Waals surface area contributed by atoms with Gasteiger partial charge in [0.25, 0.3) is 0 Å². The number of carboxylic acid groups (broad SMARTS) is 1. The first kappa shape index (κ1) is 27.5. The normalized spacial score (nSPS) is 13.6. The highest BCUT2D eigenvalue weighted by Crippen LogP contribution is 2.41. The first-order valence-electron chi connectivity index (χ1n) is 12.8. The molecule has 0 bridgehead atoms. The molecule has 4 rings (SSSR count). The number of para-hydroxylation sites is 1. The topological polar surface area (TPSA) is 85.7 Å². The zero-order valence-electron chi connectivity index (χ0n) is 22.6. The van der Waals surface area contributed by atoms with E-state index in [0.29, 0.717) is 29.4 Å². The van der Waals surface area contributed by atoms with Crippen LogP contribution >= 0.6 is 0 Å². The molecule has 7 heteroatoms. The summed E-state index contributed by atoms with van der Waals surface area (Å²) >= 11 is 0. The number of carbonyl (C=O) groups is 2. The molecule has 0 radical (unpaired) electrons. The van der Waals surface area contributed by atoms with Gasteiger partial charge in [0.15, 0.2) is 5.69 Å². The van der Waals surface area contributed by atoms with Crippen molar-refractivity contribution < 1.29 is 24.2 Å². The van der Waals surface area contributed by atoms with Crippen LogP contribution < -0.4 is 9.22 Å². The highest BCUT2D eigenvalue weighted by Gasteiger charge is 2.53. The van der Waals surface area contributed by atoms with E-state index < -0.39 is 28.2 Å². The highest BCUT2D eigenvalue weighted by atomic mass is 16.6. The number of hydrogen-bond acceptors (Lipinski definition) is 5. The molecule has 1 amide bonds. The molecule has 39 heavy (non-hydrogen) atoms. The minimum absolute atomic E-state index is 0.430. The fourth-order valence-corrected chi connectivity index (χ4v) is 4.39. The van der Waals surface area contributed by atoms with Crippen LogP contribution in [-0.2, 0) is 16.1 Å². The molecule has 1 N–H and O–H groups in total. The van der Waals surface area contributed by atoms with Gasteiger partial charge in [-0.15, -0.1) is 4.48 Å². The average molecular weight is 526 g/mol. The maximum absolute atomic E-state index is 14.0. The Morgan fingerprint density at radius 3 is 2.08 bits per heavy atom. The number of pyridine rings is 1. The minimum Gasteiger partial charge on any atom is -0.489 e. The second-order valence-electron chi connectivity index (χ2n) is 10.3. The Morgan fingerprint density at radius 1 is 0.872 bits per heavy atom. The van der Waals surface area contributed by atoms with Gasteiger partial charge in [0.1, 0.15) is 23.6 Å². The Kier molecular flexibility index (Phi) is 8.12. The third kappa shape index (κ3) is 6.16. The average Bonchev–Trinajstić information content (AvgIpc) is 2.93. The number of rotatable bonds is 8. The van der Waals surface area contributed by atoms with Crippen molar-refractivity contribution in [1.82, 2.24) is 9.47 Å². The van der Waals surface area contributed by atoms with Crippen molar-refractivity contribution in [2.45, 2.75) is 45.9 Å². The van der Waals surface area contributed by atoms with Crippen molar-refractivity contribution in [2.24, 2.45) is 0 Å². The van der Waals surface area contributed by atoms with Gasteiger partial charge in [0, 0.05) is 42.9 Å². The number of nitrogens with zero attached hydrogens (tertiary/aromatic N) is 2. The first-order chi connectivity index (χ1) is 18.6. The van der Waals surface area contributed by atoms with Crippen LogP contribution in [0, 0.1) is 0 Å². The van der Waals surface area contributed by atoms with Gasteiger partial charge >= 0.3 is 12.1 Å². The summed E-state index contributed by atoms with van der Waals surface area (Å²) in [5, 5.41) is 10.2. The molecule has 3 aromatic carbocycles. The summed E-state index contributed by atoms with van der Waals surface area (Å²) in [7, 11) is 0. The number of quaternary nitrogens is 1. The van der Waals surface area contributed by atoms with Gasteiger partial charge in [-0.25, -0.2) is 4.79 Å². The third-order valence-corrected chi connectivity index (χ3v) is 6.33. The van der Waals surface area contributed by atoms with Gasteiger partial charge in [-0.05, 0) is 50.6 Å². The van der Waals surface area contributed by atoms with Gasteiger partial charge < -0.3 is 14.6 Å². The summed E-state index contributed by atoms with van der Waals surface area (Å²) in [5.74, 6) is -0.426. The van der Waals surface area contributed by atoms with Gasteiger partial charge in [-0.1, -0.05) is 48.5 Å². The van der Waals surface area contributed by atoms with E-state index in [9.17, 15) is 14.7 Å². The van der Waals surface area contributed by atoms with E-state index in [-0.39, 0.29) is 0 Å². The molecule has 0 saturated carbocycles. The number of aromatic nitrogens is 1. The van der Waals surface area contributed by atoms with Crippen LogP contribution in [0.5, 0.6) is 5.75 Å². The molecule has 7 nitrogen and oxygen atoms in total. The van der Waals surface area contributed by atoms with Crippen LogP contribution in [0.2, 0.25) is 0 Å². The Balaban J connectivity index is 1.75. The molecule has 0 fully saturated rings. The Labute approximate surface area is 228 Å². The van der Waals surface area contributed by atoms with Gasteiger partial charge in [0.2, 0.25) is 6.04 Å². The lowest BCUT2D eigenvalue weighted by molar-refractivity contribution is -0.141. The number of carboxylic acids is 1. The monoisotopic (exact) mass is 525 g/mol. The summed E-state index contributed by atoms with van der Waals surface area (Å²) in [6, 6.07) is 28.5. The zero-order valence-corrected chi connectivity index (χ0v) is 22.6. The quantitative estimate of drug-likeness (QED) is 0.242. The number of carbonyl (C=O) groups excluding carboxylic acids is 1. The van der Waals surface area contributed by atoms with Gasteiger partial charge in [0.05, 0.1) is 5.69 Å². The second kappa shape index (κ2) is 11.5. The lowest BCUT2D eigenvalue weighted by Gasteiger charge is -2.38. The second-order valence-corrected chi connectivity index (χ2v) is 10.3. The minimum atomic E-state index is -1.19. The van der Waals surface area contributed by atoms with E-state index in [1.807, 2.05) is 60.7 Å². The summed E-state index contributed by atoms with van der Waals surface area (Å²) in [5.41, 5.74) is 2.52. The molecule has 1 aromatic heterocycles. The SMILES string of the molecule is C[C@@H](C(=O)O)[N+](C(=O)OC(C)(C)C)(c1ccccc1)c1ccnc(-c2ccc(OCc3ccccc3)cc2)c1. The van der Waals surface area contributed by atoms with E-state index in [1.165, 1.54) is 6.92 Å². The predicted octanol–water partition coefficient (Wildman–Crippen LogP) is 7.37. The summed E-state index contributed by atoms with van der Waals surface area (Å²) in [6.45, 7) is 7.24. The van der Waals surface area contributed by atoms with Crippen LogP contribution in [0.1, 0.15) is 33.3 Å². The maximum Gasteiger partial charge on any atom is 0.527 e. The van der Waals surface area contributed by atoms with Crippen molar-refractivity contribution in [2.75, 3.05) is 0 Å². The van der Waals surface area contributed by atoms with Crippen LogP contribution in [0.4, 0.5) is 16.2 Å². The molecule has 0 aliphatic carbocycles. The molecular formula is C32H33N2O5+. The van der Waals surface area contributed by atoms with Gasteiger partial charge in [-0.3, -0.25) is 4.98 Å². The standard InChI is InChI=1S/C32H32N2O5/c1-23(30(35)36)34(26-13-9-6-10-14-26,31(37)39-32(2,3)4)27-19-20-33-29(21-27)25-15-17-28(18-16-25)38-22-24-11-7-5-8-12-24/h5-21,23H,22H2,1-4H3/p+1/t23-,34?/m0/s1. The number of ether oxygens (including phenoxy) is 2. The van der Waals surface area contributed by atoms with Crippen LogP contribution in [0.3, 0.4) is 0 Å². The number of amides is 1. The number of aliphatic carboxylic acids is 1. The van der Waals surface area contributed by atoms with E-state index in [1.54, 1.807) is 63.4 Å². The van der Waals surface area contributed by atoms with E-state index in [0.717, 1.165) is 11.1 Å². The fraction of sp³-hybridized carbons (Fsp3) is 0.219. The molecule has 0 spiro atoms. The Morgan fingerprint density at radius 2 is 1.49 bits per heavy atom. The predicted molar refractivity (Wildman–Crippen MR) is 152 cm³/mol. The molecule has 1 unspecified atom stereocenters. The summed E-state index contributed by atoms with van der Waals surface area (Å²) < 4.78 is 11.1. The first-order valence-corrected chi connectivity index (χ1v) is 12.8. The fourth-order valence-electron chi connectivity index (χ4n) is 4.39. The maximum atomic E-state index is 14.0.